The number of rotatable bonds is 5. The Balaban J connectivity index is 1.73. The van der Waals surface area contributed by atoms with Gasteiger partial charge in [-0.05, 0) is 37.0 Å². The Kier molecular flexibility index (Phi) is 5.83. The van der Waals surface area contributed by atoms with E-state index >= 15 is 0 Å². The Morgan fingerprint density at radius 1 is 0.880 bits per heavy atom. The third kappa shape index (κ3) is 4.69. The van der Waals surface area contributed by atoms with Gasteiger partial charge in [-0.3, -0.25) is 9.59 Å². The SMILES string of the molecule is O=C(NC(CC(=O)N1CCCCC1)c1ccccc1)c1ccccc1. The van der Waals surface area contributed by atoms with E-state index in [-0.39, 0.29) is 17.9 Å². The molecule has 0 spiro atoms. The standard InChI is InChI=1S/C21H24N2O2/c24-20(23-14-8-3-9-15-23)16-19(17-10-4-1-5-11-17)22-21(25)18-12-6-2-7-13-18/h1-2,4-7,10-13,19H,3,8-9,14-16H2,(H,22,25). The predicted octanol–water partition coefficient (Wildman–Crippen LogP) is 3.56. The minimum atomic E-state index is -0.316. The lowest BCUT2D eigenvalue weighted by Gasteiger charge is -2.29. The average Bonchev–Trinajstić information content (AvgIpc) is 2.69. The first-order valence-corrected chi connectivity index (χ1v) is 8.92. The summed E-state index contributed by atoms with van der Waals surface area (Å²) in [7, 11) is 0. The molecule has 1 aliphatic heterocycles. The number of likely N-dealkylation sites (tertiary alicyclic amines) is 1. The fraction of sp³-hybridized carbons (Fsp3) is 0.333. The van der Waals surface area contributed by atoms with E-state index in [9.17, 15) is 9.59 Å². The molecule has 1 saturated heterocycles. The summed E-state index contributed by atoms with van der Waals surface area (Å²) in [6.07, 6.45) is 3.62. The van der Waals surface area contributed by atoms with Gasteiger partial charge in [-0.15, -0.1) is 0 Å². The highest BCUT2D eigenvalue weighted by Gasteiger charge is 2.23. The summed E-state index contributed by atoms with van der Waals surface area (Å²) in [4.78, 5) is 27.1. The Hall–Kier alpha value is -2.62. The summed E-state index contributed by atoms with van der Waals surface area (Å²) < 4.78 is 0. The van der Waals surface area contributed by atoms with Gasteiger partial charge in [-0.1, -0.05) is 48.5 Å². The highest BCUT2D eigenvalue weighted by Crippen LogP contribution is 2.20. The van der Waals surface area contributed by atoms with Gasteiger partial charge in [0.2, 0.25) is 5.91 Å². The van der Waals surface area contributed by atoms with Crippen molar-refractivity contribution in [1.82, 2.24) is 10.2 Å². The molecule has 4 nitrogen and oxygen atoms in total. The lowest BCUT2D eigenvalue weighted by atomic mass is 10.0. The van der Waals surface area contributed by atoms with Crippen molar-refractivity contribution < 1.29 is 9.59 Å². The zero-order valence-electron chi connectivity index (χ0n) is 14.4. The van der Waals surface area contributed by atoms with Crippen molar-refractivity contribution in [2.75, 3.05) is 13.1 Å². The van der Waals surface area contributed by atoms with Gasteiger partial charge in [0.05, 0.1) is 12.5 Å². The van der Waals surface area contributed by atoms with Crippen LogP contribution >= 0.6 is 0 Å². The van der Waals surface area contributed by atoms with Crippen LogP contribution in [-0.4, -0.2) is 29.8 Å². The van der Waals surface area contributed by atoms with Crippen LogP contribution < -0.4 is 5.32 Å². The predicted molar refractivity (Wildman–Crippen MR) is 98.1 cm³/mol. The van der Waals surface area contributed by atoms with Crippen molar-refractivity contribution in [2.45, 2.75) is 31.7 Å². The highest BCUT2D eigenvalue weighted by molar-refractivity contribution is 5.94. The summed E-state index contributed by atoms with van der Waals surface area (Å²) in [5, 5.41) is 3.03. The zero-order chi connectivity index (χ0) is 17.5. The zero-order valence-corrected chi connectivity index (χ0v) is 14.4. The molecule has 2 amide bonds. The van der Waals surface area contributed by atoms with Crippen LogP contribution in [0, 0.1) is 0 Å². The first-order valence-electron chi connectivity index (χ1n) is 8.92. The maximum Gasteiger partial charge on any atom is 0.251 e. The van der Waals surface area contributed by atoms with Crippen LogP contribution in [0.25, 0.3) is 0 Å². The Morgan fingerprint density at radius 3 is 2.12 bits per heavy atom. The summed E-state index contributed by atoms with van der Waals surface area (Å²) >= 11 is 0. The molecule has 0 radical (unpaired) electrons. The molecule has 1 fully saturated rings. The second-order valence-corrected chi connectivity index (χ2v) is 6.45. The van der Waals surface area contributed by atoms with Gasteiger partial charge in [0, 0.05) is 18.7 Å². The van der Waals surface area contributed by atoms with E-state index in [0.717, 1.165) is 31.5 Å². The van der Waals surface area contributed by atoms with Crippen LogP contribution in [0.3, 0.4) is 0 Å². The summed E-state index contributed by atoms with van der Waals surface area (Å²) in [5.74, 6) is -0.0391. The molecule has 0 aromatic heterocycles. The third-order valence-corrected chi connectivity index (χ3v) is 4.63. The molecule has 1 unspecified atom stereocenters. The Bertz CT molecular complexity index is 694. The fourth-order valence-corrected chi connectivity index (χ4v) is 3.22. The number of benzene rings is 2. The molecular weight excluding hydrogens is 312 g/mol. The van der Waals surface area contributed by atoms with E-state index in [2.05, 4.69) is 5.32 Å². The molecule has 0 saturated carbocycles. The molecule has 0 aliphatic carbocycles. The van der Waals surface area contributed by atoms with Gasteiger partial charge in [0.25, 0.3) is 5.91 Å². The van der Waals surface area contributed by atoms with Crippen LogP contribution in [0.4, 0.5) is 0 Å². The molecule has 0 bridgehead atoms. The van der Waals surface area contributed by atoms with Gasteiger partial charge in [-0.25, -0.2) is 0 Å². The van der Waals surface area contributed by atoms with Crippen molar-refractivity contribution in [3.8, 4) is 0 Å². The largest absolute Gasteiger partial charge is 0.345 e. The van der Waals surface area contributed by atoms with E-state index in [1.165, 1.54) is 6.42 Å². The van der Waals surface area contributed by atoms with Crippen LogP contribution in [0.5, 0.6) is 0 Å². The number of carbonyl (C=O) groups excluding carboxylic acids is 2. The molecule has 1 N–H and O–H groups in total. The van der Waals surface area contributed by atoms with E-state index in [1.54, 1.807) is 12.1 Å². The number of amides is 2. The lowest BCUT2D eigenvalue weighted by molar-refractivity contribution is -0.132. The monoisotopic (exact) mass is 336 g/mol. The lowest BCUT2D eigenvalue weighted by Crippen LogP contribution is -2.39. The smallest absolute Gasteiger partial charge is 0.251 e. The Labute approximate surface area is 148 Å². The average molecular weight is 336 g/mol. The fourth-order valence-electron chi connectivity index (χ4n) is 3.22. The summed E-state index contributed by atoms with van der Waals surface area (Å²) in [6, 6.07) is 18.5. The highest BCUT2D eigenvalue weighted by atomic mass is 16.2. The van der Waals surface area contributed by atoms with Crippen molar-refractivity contribution in [2.24, 2.45) is 0 Å². The summed E-state index contributed by atoms with van der Waals surface area (Å²) in [6.45, 7) is 1.65. The normalized spacial score (nSPS) is 15.4. The first kappa shape index (κ1) is 17.2. The number of nitrogens with one attached hydrogen (secondary N) is 1. The quantitative estimate of drug-likeness (QED) is 0.907. The maximum absolute atomic E-state index is 12.7. The van der Waals surface area contributed by atoms with E-state index in [4.69, 9.17) is 0 Å². The number of nitrogens with zero attached hydrogens (tertiary/aromatic N) is 1. The van der Waals surface area contributed by atoms with Crippen LogP contribution in [0.2, 0.25) is 0 Å². The van der Waals surface area contributed by atoms with Gasteiger partial charge in [-0.2, -0.15) is 0 Å². The number of hydrogen-bond donors (Lipinski definition) is 1. The number of hydrogen-bond acceptors (Lipinski definition) is 2. The molecule has 1 heterocycles. The van der Waals surface area contributed by atoms with Gasteiger partial charge >= 0.3 is 0 Å². The van der Waals surface area contributed by atoms with E-state index in [1.807, 2.05) is 53.4 Å². The topological polar surface area (TPSA) is 49.4 Å². The van der Waals surface area contributed by atoms with Crippen molar-refractivity contribution in [3.63, 3.8) is 0 Å². The van der Waals surface area contributed by atoms with Crippen LogP contribution in [0.1, 0.15) is 47.6 Å². The van der Waals surface area contributed by atoms with Crippen LogP contribution in [0.15, 0.2) is 60.7 Å². The first-order chi connectivity index (χ1) is 12.2. The third-order valence-electron chi connectivity index (χ3n) is 4.63. The molecule has 1 atom stereocenters. The van der Waals surface area contributed by atoms with E-state index in [0.29, 0.717) is 12.0 Å². The molecular formula is C21H24N2O2. The number of piperidine rings is 1. The summed E-state index contributed by atoms with van der Waals surface area (Å²) in [5.41, 5.74) is 1.56. The second-order valence-electron chi connectivity index (χ2n) is 6.45. The molecule has 4 heteroatoms. The molecule has 2 aromatic rings. The number of carbonyl (C=O) groups is 2. The Morgan fingerprint density at radius 2 is 1.48 bits per heavy atom. The van der Waals surface area contributed by atoms with Gasteiger partial charge in [0.1, 0.15) is 0 Å². The maximum atomic E-state index is 12.7. The molecule has 130 valence electrons. The van der Waals surface area contributed by atoms with Crippen molar-refractivity contribution >= 4 is 11.8 Å². The van der Waals surface area contributed by atoms with E-state index < -0.39 is 0 Å². The van der Waals surface area contributed by atoms with Gasteiger partial charge < -0.3 is 10.2 Å². The molecule has 3 rings (SSSR count). The second kappa shape index (κ2) is 8.47. The minimum absolute atomic E-state index is 0.113. The van der Waals surface area contributed by atoms with Crippen molar-refractivity contribution in [3.05, 3.63) is 71.8 Å². The molecule has 1 aliphatic rings. The van der Waals surface area contributed by atoms with Crippen molar-refractivity contribution in [1.29, 1.82) is 0 Å². The molecule has 2 aromatic carbocycles. The minimum Gasteiger partial charge on any atom is -0.345 e. The van der Waals surface area contributed by atoms with Gasteiger partial charge in [0.15, 0.2) is 0 Å². The molecule has 25 heavy (non-hydrogen) atoms. The van der Waals surface area contributed by atoms with Crippen LogP contribution in [-0.2, 0) is 4.79 Å².